The second-order valence-corrected chi connectivity index (χ2v) is 4.96. The molecule has 0 spiro atoms. The van der Waals surface area contributed by atoms with E-state index in [0.29, 0.717) is 19.1 Å². The summed E-state index contributed by atoms with van der Waals surface area (Å²) in [6.07, 6.45) is 7.94. The van der Waals surface area contributed by atoms with Gasteiger partial charge in [-0.15, -0.1) is 0 Å². The molecule has 0 aromatic carbocycles. The number of halogens is 1. The van der Waals surface area contributed by atoms with Crippen molar-refractivity contribution in [1.82, 2.24) is 10.3 Å². The number of rotatable bonds is 6. The van der Waals surface area contributed by atoms with Crippen molar-refractivity contribution in [2.45, 2.75) is 38.1 Å². The van der Waals surface area contributed by atoms with Crippen LogP contribution in [-0.4, -0.2) is 30.9 Å². The van der Waals surface area contributed by atoms with Crippen LogP contribution in [0.2, 0.25) is 0 Å². The average molecular weight is 276 g/mol. The number of hydrogen-bond acceptors (Lipinski definition) is 3. The first-order valence-electron chi connectivity index (χ1n) is 7.24. The molecule has 20 heavy (non-hydrogen) atoms. The molecule has 0 saturated carbocycles. The fraction of sp³-hybridized carbons (Fsp3) is 0.562. The number of nitrogens with one attached hydrogen (secondary N) is 1. The minimum absolute atomic E-state index is 0.262. The summed E-state index contributed by atoms with van der Waals surface area (Å²) in [6.45, 7) is 1.49. The molecule has 1 aliphatic heterocycles. The summed E-state index contributed by atoms with van der Waals surface area (Å²) in [5.41, 5.74) is 0.849. The molecule has 0 radical (unpaired) electrons. The topological polar surface area (TPSA) is 34.1 Å². The molecule has 1 N–H and O–H groups in total. The molecule has 1 aliphatic rings. The van der Waals surface area contributed by atoms with Crippen LogP contribution in [0.15, 0.2) is 18.5 Å². The maximum atomic E-state index is 11.9. The van der Waals surface area contributed by atoms with Crippen molar-refractivity contribution in [2.24, 2.45) is 0 Å². The van der Waals surface area contributed by atoms with Crippen molar-refractivity contribution in [3.05, 3.63) is 24.0 Å². The van der Waals surface area contributed by atoms with Gasteiger partial charge in [0.2, 0.25) is 0 Å². The number of pyridine rings is 1. The highest BCUT2D eigenvalue weighted by Gasteiger charge is 2.14. The second-order valence-electron chi connectivity index (χ2n) is 4.96. The van der Waals surface area contributed by atoms with Gasteiger partial charge in [-0.25, -0.2) is 0 Å². The molecule has 1 aromatic rings. The van der Waals surface area contributed by atoms with E-state index in [1.54, 1.807) is 12.4 Å². The van der Waals surface area contributed by atoms with Gasteiger partial charge in [0.1, 0.15) is 12.4 Å². The molecule has 0 bridgehead atoms. The summed E-state index contributed by atoms with van der Waals surface area (Å²) in [7, 11) is 0. The molecule has 0 amide bonds. The molecule has 2 rings (SSSR count). The highest BCUT2D eigenvalue weighted by molar-refractivity contribution is 5.36. The van der Waals surface area contributed by atoms with Gasteiger partial charge in [-0.05, 0) is 38.3 Å². The summed E-state index contributed by atoms with van der Waals surface area (Å²) in [5.74, 6) is 6.84. The van der Waals surface area contributed by atoms with Gasteiger partial charge in [0.25, 0.3) is 0 Å². The highest BCUT2D eigenvalue weighted by atomic mass is 19.1. The molecule has 1 unspecified atom stereocenters. The summed E-state index contributed by atoms with van der Waals surface area (Å²) in [5, 5.41) is 3.39. The Labute approximate surface area is 119 Å². The fourth-order valence-corrected chi connectivity index (χ4v) is 2.13. The largest absolute Gasteiger partial charge is 0.490 e. The Morgan fingerprint density at radius 2 is 2.35 bits per heavy atom. The molecule has 1 saturated heterocycles. The predicted molar refractivity (Wildman–Crippen MR) is 77.5 cm³/mol. The van der Waals surface area contributed by atoms with Crippen LogP contribution in [0.5, 0.6) is 5.75 Å². The van der Waals surface area contributed by atoms with Crippen LogP contribution in [0.1, 0.15) is 37.7 Å². The molecule has 1 fully saturated rings. The molecular formula is C16H21FN2O. The van der Waals surface area contributed by atoms with Crippen LogP contribution in [0.25, 0.3) is 0 Å². The van der Waals surface area contributed by atoms with Gasteiger partial charge in [0.05, 0.1) is 12.9 Å². The summed E-state index contributed by atoms with van der Waals surface area (Å²) in [6, 6.07) is 2.36. The standard InChI is InChI=1S/C16H21FN2O/c17-8-4-2-1-3-6-14-10-16(12-18-11-14)20-13-15-7-5-9-19-15/h10-12,15,19H,1-2,4-5,7-9,13H2. The van der Waals surface area contributed by atoms with E-state index in [2.05, 4.69) is 22.1 Å². The molecule has 1 aromatic heterocycles. The Kier molecular flexibility index (Phi) is 6.33. The van der Waals surface area contributed by atoms with Gasteiger partial charge in [0.15, 0.2) is 0 Å². The van der Waals surface area contributed by atoms with Gasteiger partial charge in [0, 0.05) is 24.2 Å². The van der Waals surface area contributed by atoms with E-state index in [1.807, 2.05) is 6.07 Å². The SMILES string of the molecule is FCCCCC#Cc1cncc(OCC2CCCN2)c1. The van der Waals surface area contributed by atoms with Crippen LogP contribution in [0.4, 0.5) is 4.39 Å². The number of alkyl halides is 1. The maximum absolute atomic E-state index is 11.9. The molecule has 1 atom stereocenters. The lowest BCUT2D eigenvalue weighted by Crippen LogP contribution is -2.28. The molecule has 0 aliphatic carbocycles. The first kappa shape index (κ1) is 14.8. The van der Waals surface area contributed by atoms with E-state index < -0.39 is 0 Å². The van der Waals surface area contributed by atoms with Gasteiger partial charge < -0.3 is 10.1 Å². The Balaban J connectivity index is 1.80. The van der Waals surface area contributed by atoms with E-state index in [0.717, 1.165) is 30.7 Å². The third-order valence-electron chi connectivity index (χ3n) is 3.24. The van der Waals surface area contributed by atoms with Crippen molar-refractivity contribution >= 4 is 0 Å². The quantitative estimate of drug-likeness (QED) is 0.641. The van der Waals surface area contributed by atoms with Gasteiger partial charge in [-0.2, -0.15) is 0 Å². The maximum Gasteiger partial charge on any atom is 0.138 e. The number of unbranched alkanes of at least 4 members (excludes halogenated alkanes) is 2. The second kappa shape index (κ2) is 8.55. The monoisotopic (exact) mass is 276 g/mol. The summed E-state index contributed by atoms with van der Waals surface area (Å²) >= 11 is 0. The Morgan fingerprint density at radius 3 is 3.15 bits per heavy atom. The predicted octanol–water partition coefficient (Wildman–Crippen LogP) is 2.70. The number of nitrogens with zero attached hydrogens (tertiary/aromatic N) is 1. The minimum Gasteiger partial charge on any atom is -0.490 e. The lowest BCUT2D eigenvalue weighted by Gasteiger charge is -2.11. The van der Waals surface area contributed by atoms with Crippen LogP contribution in [0, 0.1) is 11.8 Å². The smallest absolute Gasteiger partial charge is 0.138 e. The number of ether oxygens (including phenoxy) is 1. The Morgan fingerprint density at radius 1 is 1.40 bits per heavy atom. The fourth-order valence-electron chi connectivity index (χ4n) is 2.13. The van der Waals surface area contributed by atoms with E-state index in [1.165, 1.54) is 12.8 Å². The third kappa shape index (κ3) is 5.18. The van der Waals surface area contributed by atoms with Crippen molar-refractivity contribution in [2.75, 3.05) is 19.8 Å². The lowest BCUT2D eigenvalue weighted by atomic mass is 10.2. The first-order chi connectivity index (χ1) is 9.88. The molecule has 3 nitrogen and oxygen atoms in total. The average Bonchev–Trinajstić information content (AvgIpc) is 2.99. The van der Waals surface area contributed by atoms with Gasteiger partial charge >= 0.3 is 0 Å². The van der Waals surface area contributed by atoms with E-state index in [4.69, 9.17) is 4.74 Å². The Bertz CT molecular complexity index is 461. The van der Waals surface area contributed by atoms with E-state index >= 15 is 0 Å². The van der Waals surface area contributed by atoms with E-state index in [-0.39, 0.29) is 6.67 Å². The van der Waals surface area contributed by atoms with Crippen LogP contribution >= 0.6 is 0 Å². The zero-order valence-electron chi connectivity index (χ0n) is 11.7. The number of hydrogen-bond donors (Lipinski definition) is 1. The molecule has 4 heteroatoms. The van der Waals surface area contributed by atoms with Crippen LogP contribution in [0.3, 0.4) is 0 Å². The summed E-state index contributed by atoms with van der Waals surface area (Å²) < 4.78 is 17.7. The minimum atomic E-state index is -0.262. The van der Waals surface area contributed by atoms with Crippen molar-refractivity contribution in [3.8, 4) is 17.6 Å². The lowest BCUT2D eigenvalue weighted by molar-refractivity contribution is 0.276. The third-order valence-corrected chi connectivity index (χ3v) is 3.24. The Hall–Kier alpha value is -1.60. The molecular weight excluding hydrogens is 255 g/mol. The first-order valence-corrected chi connectivity index (χ1v) is 7.24. The van der Waals surface area contributed by atoms with Crippen LogP contribution in [-0.2, 0) is 0 Å². The zero-order chi connectivity index (χ0) is 14.0. The zero-order valence-corrected chi connectivity index (χ0v) is 11.7. The van der Waals surface area contributed by atoms with Crippen molar-refractivity contribution in [1.29, 1.82) is 0 Å². The van der Waals surface area contributed by atoms with Gasteiger partial charge in [-0.3, -0.25) is 9.37 Å². The van der Waals surface area contributed by atoms with Gasteiger partial charge in [-0.1, -0.05) is 11.8 Å². The number of aromatic nitrogens is 1. The van der Waals surface area contributed by atoms with Crippen molar-refractivity contribution in [3.63, 3.8) is 0 Å². The van der Waals surface area contributed by atoms with Crippen LogP contribution < -0.4 is 10.1 Å². The normalized spacial score (nSPS) is 17.6. The van der Waals surface area contributed by atoms with Crippen molar-refractivity contribution < 1.29 is 9.13 Å². The molecule has 2 heterocycles. The molecule has 108 valence electrons. The highest BCUT2D eigenvalue weighted by Crippen LogP contribution is 2.13. The van der Waals surface area contributed by atoms with E-state index in [9.17, 15) is 4.39 Å². The summed E-state index contributed by atoms with van der Waals surface area (Å²) in [4.78, 5) is 4.14.